The number of carbonyl (C=O) groups is 1. The Labute approximate surface area is 82.8 Å². The number of hydrogen-bond donors (Lipinski definition) is 4. The van der Waals surface area contributed by atoms with E-state index in [1.54, 1.807) is 12.1 Å². The first-order valence-electron chi connectivity index (χ1n) is 4.00. The van der Waals surface area contributed by atoms with Crippen molar-refractivity contribution in [3.63, 3.8) is 0 Å². The highest BCUT2D eigenvalue weighted by molar-refractivity contribution is 5.93. The van der Waals surface area contributed by atoms with E-state index in [0.717, 1.165) is 0 Å². The molecule has 0 aromatic carbocycles. The summed E-state index contributed by atoms with van der Waals surface area (Å²) < 4.78 is 0. The molecule has 0 radical (unpaired) electrons. The number of nitrogen functional groups attached to an aromatic ring is 1. The lowest BCUT2D eigenvalue weighted by Crippen LogP contribution is -2.29. The van der Waals surface area contributed by atoms with E-state index in [0.29, 0.717) is 5.56 Å². The van der Waals surface area contributed by atoms with Gasteiger partial charge in [0.25, 0.3) is 5.91 Å². The Bertz CT molecular complexity index is 249. The molecular weight excluding hydrogens is 182 g/mol. The topological polar surface area (TPSA) is 92.1 Å². The highest BCUT2D eigenvalue weighted by Crippen LogP contribution is 1.93. The van der Waals surface area contributed by atoms with Crippen molar-refractivity contribution in [2.45, 2.75) is 0 Å². The first kappa shape index (κ1) is 12.5. The van der Waals surface area contributed by atoms with E-state index in [4.69, 9.17) is 5.84 Å². The fraction of sp³-hybridized carbons (Fsp3) is 0.250. The van der Waals surface area contributed by atoms with Crippen LogP contribution in [0.15, 0.2) is 24.5 Å². The predicted octanol–water partition coefficient (Wildman–Crippen LogP) is -0.975. The Morgan fingerprint density at radius 1 is 1.29 bits per heavy atom. The predicted molar refractivity (Wildman–Crippen MR) is 54.0 cm³/mol. The molecule has 1 heterocycles. The van der Waals surface area contributed by atoms with Gasteiger partial charge in [0, 0.05) is 18.0 Å². The number of rotatable bonds is 2. The smallest absolute Gasteiger partial charge is 0.265 e. The minimum absolute atomic E-state index is 0.303. The minimum Gasteiger partial charge on any atom is -0.290 e. The van der Waals surface area contributed by atoms with Crippen LogP contribution in [0.25, 0.3) is 0 Å². The molecule has 0 saturated carbocycles. The van der Waals surface area contributed by atoms with Crippen LogP contribution in [0.3, 0.4) is 0 Å². The molecule has 0 saturated heterocycles. The van der Waals surface area contributed by atoms with E-state index in [1.807, 2.05) is 19.5 Å². The van der Waals surface area contributed by atoms with E-state index in [2.05, 4.69) is 15.8 Å². The maximum absolute atomic E-state index is 10.7. The lowest BCUT2D eigenvalue weighted by atomic mass is 10.3. The molecule has 0 spiro atoms. The number of carbonyl (C=O) groups excluding carboxylic acids is 1. The maximum atomic E-state index is 10.7. The summed E-state index contributed by atoms with van der Waals surface area (Å²) in [5, 5.41) is 0. The summed E-state index contributed by atoms with van der Waals surface area (Å²) >= 11 is 0. The molecule has 1 aromatic rings. The van der Waals surface area contributed by atoms with Gasteiger partial charge >= 0.3 is 0 Å². The van der Waals surface area contributed by atoms with Gasteiger partial charge in [0.15, 0.2) is 0 Å². The molecule has 0 aliphatic rings. The van der Waals surface area contributed by atoms with Crippen LogP contribution in [0.4, 0.5) is 0 Å². The summed E-state index contributed by atoms with van der Waals surface area (Å²) in [5.41, 5.74) is 7.89. The Balaban J connectivity index is 0.000000364. The van der Waals surface area contributed by atoms with Crippen molar-refractivity contribution in [3.05, 3.63) is 30.1 Å². The summed E-state index contributed by atoms with van der Waals surface area (Å²) in [6.07, 6.45) is 3.06. The molecule has 0 unspecified atom stereocenters. The molecule has 0 aliphatic carbocycles. The molecule has 6 heteroatoms. The van der Waals surface area contributed by atoms with Gasteiger partial charge in [0.05, 0.1) is 0 Å². The zero-order valence-corrected chi connectivity index (χ0v) is 8.24. The van der Waals surface area contributed by atoms with Crippen molar-refractivity contribution in [1.82, 2.24) is 21.3 Å². The van der Waals surface area contributed by atoms with E-state index in [-0.39, 0.29) is 5.91 Å². The van der Waals surface area contributed by atoms with Gasteiger partial charge in [-0.15, -0.1) is 0 Å². The highest BCUT2D eigenvalue weighted by Gasteiger charge is 1.98. The molecule has 1 aromatic heterocycles. The Hall–Kier alpha value is -1.50. The van der Waals surface area contributed by atoms with Crippen LogP contribution in [0.2, 0.25) is 0 Å². The normalized spacial score (nSPS) is 8.50. The minimum atomic E-state index is -0.303. The molecule has 78 valence electrons. The zero-order chi connectivity index (χ0) is 10.8. The van der Waals surface area contributed by atoms with E-state index in [1.165, 1.54) is 12.4 Å². The molecule has 6 nitrogen and oxygen atoms in total. The number of aromatic nitrogens is 1. The number of pyridine rings is 1. The molecule has 1 amide bonds. The summed E-state index contributed by atoms with van der Waals surface area (Å²) in [6, 6.07) is 3.17. The first-order valence-corrected chi connectivity index (χ1v) is 4.00. The lowest BCUT2D eigenvalue weighted by Gasteiger charge is -1.95. The van der Waals surface area contributed by atoms with Gasteiger partial charge in [-0.3, -0.25) is 26.1 Å². The molecule has 0 fully saturated rings. The molecule has 1 rings (SSSR count). The average Bonchev–Trinajstić information content (AvgIpc) is 2.29. The summed E-state index contributed by atoms with van der Waals surface area (Å²) in [7, 11) is 3.64. The third kappa shape index (κ3) is 5.20. The van der Waals surface area contributed by atoms with Crippen molar-refractivity contribution < 1.29 is 4.79 Å². The van der Waals surface area contributed by atoms with Crippen molar-refractivity contribution in [2.75, 3.05) is 14.1 Å². The van der Waals surface area contributed by atoms with Crippen LogP contribution in [-0.2, 0) is 0 Å². The summed E-state index contributed by atoms with van der Waals surface area (Å²) in [6.45, 7) is 0. The number of hydrogen-bond acceptors (Lipinski definition) is 5. The van der Waals surface area contributed by atoms with Gasteiger partial charge in [0.1, 0.15) is 0 Å². The standard InChI is InChI=1S/C6H7N3O.C2H8N2/c7-9-6(10)5-1-3-8-4-2-5;1-3-4-2/h1-4H,7H2,(H,9,10);3-4H,1-2H3. The largest absolute Gasteiger partial charge is 0.290 e. The number of nitrogens with two attached hydrogens (primary N) is 1. The van der Waals surface area contributed by atoms with Crippen LogP contribution in [0.1, 0.15) is 10.4 Å². The molecule has 5 N–H and O–H groups in total. The third-order valence-electron chi connectivity index (χ3n) is 1.32. The van der Waals surface area contributed by atoms with Crippen LogP contribution in [0.5, 0.6) is 0 Å². The van der Waals surface area contributed by atoms with Gasteiger partial charge in [-0.25, -0.2) is 5.84 Å². The van der Waals surface area contributed by atoms with E-state index in [9.17, 15) is 4.79 Å². The Morgan fingerprint density at radius 3 is 2.14 bits per heavy atom. The SMILES string of the molecule is CNNC.NNC(=O)c1ccncc1. The quantitative estimate of drug-likeness (QED) is 0.278. The first-order chi connectivity index (χ1) is 6.76. The number of hydrazine groups is 2. The molecule has 0 aliphatic heterocycles. The number of nitrogens with one attached hydrogen (secondary N) is 3. The van der Waals surface area contributed by atoms with Crippen molar-refractivity contribution in [1.29, 1.82) is 0 Å². The molecule has 14 heavy (non-hydrogen) atoms. The zero-order valence-electron chi connectivity index (χ0n) is 8.24. The highest BCUT2D eigenvalue weighted by atomic mass is 16.2. The molecule has 0 bridgehead atoms. The lowest BCUT2D eigenvalue weighted by molar-refractivity contribution is 0.0953. The summed E-state index contributed by atoms with van der Waals surface area (Å²) in [4.78, 5) is 14.5. The van der Waals surface area contributed by atoms with Gasteiger partial charge in [-0.1, -0.05) is 0 Å². The second-order valence-electron chi connectivity index (χ2n) is 2.21. The second kappa shape index (κ2) is 8.11. The van der Waals surface area contributed by atoms with Crippen molar-refractivity contribution in [3.8, 4) is 0 Å². The van der Waals surface area contributed by atoms with Gasteiger partial charge in [-0.05, 0) is 26.2 Å². The van der Waals surface area contributed by atoms with Crippen molar-refractivity contribution in [2.24, 2.45) is 5.84 Å². The molecular formula is C8H15N5O. The van der Waals surface area contributed by atoms with Crippen molar-refractivity contribution >= 4 is 5.91 Å². The van der Waals surface area contributed by atoms with Crippen LogP contribution >= 0.6 is 0 Å². The fourth-order valence-corrected chi connectivity index (χ4v) is 0.587. The van der Waals surface area contributed by atoms with Crippen LogP contribution < -0.4 is 22.1 Å². The Kier molecular flexibility index (Phi) is 7.24. The monoisotopic (exact) mass is 197 g/mol. The second-order valence-corrected chi connectivity index (χ2v) is 2.21. The average molecular weight is 197 g/mol. The summed E-state index contributed by atoms with van der Waals surface area (Å²) in [5.74, 6) is 4.58. The fourth-order valence-electron chi connectivity index (χ4n) is 0.587. The van der Waals surface area contributed by atoms with E-state index >= 15 is 0 Å². The number of amides is 1. The number of nitrogens with zero attached hydrogens (tertiary/aromatic N) is 1. The van der Waals surface area contributed by atoms with Gasteiger partial charge in [0.2, 0.25) is 0 Å². The van der Waals surface area contributed by atoms with Gasteiger partial charge in [-0.2, -0.15) is 0 Å². The van der Waals surface area contributed by atoms with Crippen LogP contribution in [-0.4, -0.2) is 25.0 Å². The Morgan fingerprint density at radius 2 is 1.79 bits per heavy atom. The van der Waals surface area contributed by atoms with E-state index < -0.39 is 0 Å². The molecule has 0 atom stereocenters. The van der Waals surface area contributed by atoms with Crippen LogP contribution in [0, 0.1) is 0 Å². The maximum Gasteiger partial charge on any atom is 0.265 e. The van der Waals surface area contributed by atoms with Gasteiger partial charge < -0.3 is 0 Å². The third-order valence-corrected chi connectivity index (χ3v) is 1.32.